The first-order valence-corrected chi connectivity index (χ1v) is 51.7. The van der Waals surface area contributed by atoms with Gasteiger partial charge in [0.1, 0.15) is 16.8 Å². The molecule has 0 radical (unpaired) electrons. The van der Waals surface area contributed by atoms with Gasteiger partial charge in [0.15, 0.2) is 17.1 Å². The summed E-state index contributed by atoms with van der Waals surface area (Å²) in [5.41, 5.74) is 18.4. The predicted molar refractivity (Wildman–Crippen MR) is 556 cm³/mol. The topological polar surface area (TPSA) is 288 Å². The average Bonchev–Trinajstić information content (AvgIpc) is 1.76. The molecule has 4 atom stereocenters. The summed E-state index contributed by atoms with van der Waals surface area (Å²) in [6.45, 7) is 26.6. The van der Waals surface area contributed by atoms with Crippen LogP contribution in [0.15, 0.2) is 217 Å². The van der Waals surface area contributed by atoms with Crippen molar-refractivity contribution in [2.24, 2.45) is 0 Å². The van der Waals surface area contributed by atoms with Gasteiger partial charge < -0.3 is 50.2 Å². The van der Waals surface area contributed by atoms with Crippen molar-refractivity contribution in [2.45, 2.75) is 227 Å². The van der Waals surface area contributed by atoms with E-state index >= 15 is 0 Å². The Bertz CT molecular complexity index is 6340. The van der Waals surface area contributed by atoms with Gasteiger partial charge in [0.2, 0.25) is 0 Å². The van der Waals surface area contributed by atoms with E-state index in [4.69, 9.17) is 26.9 Å². The van der Waals surface area contributed by atoms with Crippen molar-refractivity contribution < 1.29 is 58.2 Å². The highest BCUT2D eigenvalue weighted by molar-refractivity contribution is 7.82. The summed E-state index contributed by atoms with van der Waals surface area (Å²) in [6.07, 6.45) is 16.5. The zero-order valence-corrected chi connectivity index (χ0v) is 84.8. The van der Waals surface area contributed by atoms with Crippen LogP contribution in [0.4, 0.5) is 4.39 Å². The number of aryl methyl sites for hydroxylation is 4. The summed E-state index contributed by atoms with van der Waals surface area (Å²) in [4.78, 5) is 96.4. The molecule has 24 nitrogen and oxygen atoms in total. The Labute approximate surface area is 837 Å². The number of nitrogens with zero attached hydrogens (tertiary/aromatic N) is 13. The van der Waals surface area contributed by atoms with E-state index in [2.05, 4.69) is 53.7 Å². The number of benzene rings is 9. The van der Waals surface area contributed by atoms with Crippen LogP contribution >= 0.6 is 11.6 Å². The quantitative estimate of drug-likeness (QED) is 0.0333. The number of piperidine rings is 1. The number of aliphatic hydroxyl groups is 3. The van der Waals surface area contributed by atoms with Crippen LogP contribution in [-0.2, 0) is 49.9 Å². The number of fused-ring (bicyclic) bond motifs is 3. The third-order valence-corrected chi connectivity index (χ3v) is 29.0. The van der Waals surface area contributed by atoms with Crippen LogP contribution in [0.1, 0.15) is 256 Å². The molecule has 7 heterocycles. The molecule has 141 heavy (non-hydrogen) atoms. The normalized spacial score (nSPS) is 15.2. The van der Waals surface area contributed by atoms with Crippen LogP contribution in [0.25, 0.3) is 50.4 Å². The van der Waals surface area contributed by atoms with Gasteiger partial charge in [-0.25, -0.2) is 26.9 Å². The predicted octanol–water partition coefficient (Wildman–Crippen LogP) is 20.1. The van der Waals surface area contributed by atoms with Crippen molar-refractivity contribution in [1.82, 2.24) is 63.0 Å². The van der Waals surface area contributed by atoms with Crippen LogP contribution in [0.3, 0.4) is 0 Å². The second-order valence-electron chi connectivity index (χ2n) is 37.4. The molecular formula is C114H137ClFN13O11S. The number of aliphatic hydroxyl groups excluding tert-OH is 3. The number of carbonyl (C=O) groups excluding carboxylic acids is 6. The van der Waals surface area contributed by atoms with Crippen molar-refractivity contribution in [2.75, 3.05) is 72.2 Å². The molecule has 1 fully saturated rings. The molecule has 0 saturated carbocycles. The van der Waals surface area contributed by atoms with Gasteiger partial charge in [0.25, 0.3) is 35.4 Å². The van der Waals surface area contributed by atoms with E-state index in [-0.39, 0.29) is 78.6 Å². The summed E-state index contributed by atoms with van der Waals surface area (Å²) in [6, 6.07) is 65.6. The Hall–Kier alpha value is -12.4. The lowest BCUT2D eigenvalue weighted by molar-refractivity contribution is 0.0539. The van der Waals surface area contributed by atoms with Crippen molar-refractivity contribution in [3.63, 3.8) is 0 Å². The average molecular weight is 1950 g/mol. The SMILES string of the molecule is CCCCN(CCCC)C(=O)c1cc(C)n(-c2ccc(-c3ccc(F)c(C)c3)cc2C(=O)N2Cc3ccccc3C[C@H]2CO)n1.CCCCN(CCCC)C(=O)c1cc(C)n(-c2ccc(-c3ccc(S(=O)N4CCCCC4)cc3)cc2C(=O)N2Cc3ccccc3C[C@H]2CO)n1.CCCCN(CCCC)C(=O)c1cc(C)n(-c2ccc(-c3cccc(Cl)c3)cc2C(=O)N2Cc3ccccc3C[C@H]2CO)n1.O. The molecule has 0 aliphatic carbocycles. The Morgan fingerprint density at radius 3 is 1.00 bits per heavy atom. The molecule has 27 heteroatoms. The van der Waals surface area contributed by atoms with Crippen molar-refractivity contribution in [3.8, 4) is 50.4 Å². The van der Waals surface area contributed by atoms with Crippen molar-refractivity contribution in [3.05, 3.63) is 313 Å². The highest BCUT2D eigenvalue weighted by Crippen LogP contribution is 2.38. The molecule has 744 valence electrons. The fourth-order valence-electron chi connectivity index (χ4n) is 19.1. The molecule has 4 aliphatic rings. The monoisotopic (exact) mass is 1950 g/mol. The lowest BCUT2D eigenvalue weighted by Gasteiger charge is -2.36. The molecule has 6 amide bonds. The van der Waals surface area contributed by atoms with Gasteiger partial charge in [-0.15, -0.1) is 0 Å². The first-order chi connectivity index (χ1) is 67.9. The smallest absolute Gasteiger partial charge is 0.274 e. The fourth-order valence-corrected chi connectivity index (χ4v) is 20.5. The van der Waals surface area contributed by atoms with Crippen molar-refractivity contribution in [1.29, 1.82) is 0 Å². The van der Waals surface area contributed by atoms with E-state index in [1.165, 1.54) is 12.5 Å². The second kappa shape index (κ2) is 50.3. The number of hydrogen-bond acceptors (Lipinski definition) is 13. The Kier molecular flexibility index (Phi) is 37.8. The van der Waals surface area contributed by atoms with E-state index < -0.39 is 17.0 Å². The zero-order chi connectivity index (χ0) is 99.2. The molecule has 1 unspecified atom stereocenters. The third kappa shape index (κ3) is 25.2. The Morgan fingerprint density at radius 1 is 0.376 bits per heavy atom. The number of rotatable bonds is 35. The molecule has 9 aromatic carbocycles. The van der Waals surface area contributed by atoms with Crippen LogP contribution in [0.2, 0.25) is 5.02 Å². The van der Waals surface area contributed by atoms with Gasteiger partial charge in [-0.2, -0.15) is 15.3 Å². The molecule has 4 aliphatic heterocycles. The minimum absolute atomic E-state index is 0. The summed E-state index contributed by atoms with van der Waals surface area (Å²) >= 11 is 6.32. The van der Waals surface area contributed by atoms with Gasteiger partial charge in [0, 0.05) is 94.1 Å². The fraction of sp³-hybridized carbons (Fsp3) is 0.395. The number of amides is 6. The summed E-state index contributed by atoms with van der Waals surface area (Å²) < 4.78 is 34.5. The number of aromatic nitrogens is 6. The number of carbonyl (C=O) groups is 6. The first-order valence-electron chi connectivity index (χ1n) is 50.2. The van der Waals surface area contributed by atoms with Crippen LogP contribution in [0, 0.1) is 33.5 Å². The maximum atomic E-state index is 14.7. The van der Waals surface area contributed by atoms with Gasteiger partial charge in [-0.3, -0.25) is 28.8 Å². The largest absolute Gasteiger partial charge is 0.412 e. The number of unbranched alkanes of at least 4 members (excludes halogenated alkanes) is 6. The van der Waals surface area contributed by atoms with E-state index in [9.17, 15) is 52.7 Å². The highest BCUT2D eigenvalue weighted by Gasteiger charge is 2.38. The molecule has 12 aromatic rings. The third-order valence-electron chi connectivity index (χ3n) is 27.3. The number of hydrogen-bond donors (Lipinski definition) is 3. The molecule has 5 N–H and O–H groups in total. The molecular weight excluding hydrogens is 1810 g/mol. The minimum Gasteiger partial charge on any atom is -0.412 e. The van der Waals surface area contributed by atoms with Gasteiger partial charge in [0.05, 0.1) is 76.6 Å². The van der Waals surface area contributed by atoms with E-state index in [1.807, 2.05) is 210 Å². The van der Waals surface area contributed by atoms with Gasteiger partial charge >= 0.3 is 0 Å². The summed E-state index contributed by atoms with van der Waals surface area (Å²) in [7, 11) is -1.21. The van der Waals surface area contributed by atoms with Crippen LogP contribution in [0.5, 0.6) is 0 Å². The van der Waals surface area contributed by atoms with Gasteiger partial charge in [-0.05, 0) is 262 Å². The zero-order valence-electron chi connectivity index (χ0n) is 83.2. The summed E-state index contributed by atoms with van der Waals surface area (Å²) in [5.74, 6) is -1.25. The lowest BCUT2D eigenvalue weighted by Crippen LogP contribution is -2.46. The van der Waals surface area contributed by atoms with Crippen LogP contribution < -0.4 is 0 Å². The molecule has 16 rings (SSSR count). The molecule has 0 bridgehead atoms. The Morgan fingerprint density at radius 2 is 0.681 bits per heavy atom. The number of halogens is 2. The Balaban J connectivity index is 0.000000178. The maximum Gasteiger partial charge on any atom is 0.274 e. The van der Waals surface area contributed by atoms with E-state index in [1.54, 1.807) is 59.9 Å². The highest BCUT2D eigenvalue weighted by atomic mass is 35.5. The van der Waals surface area contributed by atoms with Crippen LogP contribution in [-0.4, -0.2) is 214 Å². The maximum absolute atomic E-state index is 14.7. The standard InChI is InChI=1S/C41H51N5O4S.C37H43FN4O3.C36H41ClN4O3.H2O/c1-4-6-21-43(22-7-5-2)41(49)38-25-30(3)46(42-38)39-20-17-33(31-15-18-36(19-16-31)51(50)44-23-11-8-12-24-44)27-37(39)40(48)45-28-34-14-10-9-13-32(34)26-35(45)29-47;1-5-7-17-40(18-8-6-2)37(45)34-20-26(4)42(39-34)35-16-14-29(28-13-15-33(38)25(3)19-28)22-32(35)36(44)41-23-30-12-10-9-11-27(30)21-31(41)24-43;1-4-6-17-39(18-7-5-2)36(44)33-19-25(3)41(38-33)34-16-15-28(26-13-10-14-30(37)20-26)22-32(34)35(43)40-23-29-12-9-8-11-27(29)21-31(40)24-42;/h9-10,13-20,25,27,35,47H,4-8,11-12,21-24,26,28-29H2,1-3H3;9-16,19-20,22,31,43H,5-8,17-18,21,23-24H2,1-4H3;8-16,19-20,22,31,42H,4-7,17-18,21,23-24H2,1-3H3;1H2/t35-,51?;2*31-;/m000./s1. The second-order valence-corrected chi connectivity index (χ2v) is 39.3. The first kappa shape index (κ1) is 106. The molecule has 3 aromatic heterocycles. The van der Waals surface area contributed by atoms with Gasteiger partial charge in [-0.1, -0.05) is 219 Å². The lowest BCUT2D eigenvalue weighted by atomic mass is 9.93. The minimum atomic E-state index is -1.21. The summed E-state index contributed by atoms with van der Waals surface area (Å²) in [5, 5.41) is 46.1. The molecule has 0 spiro atoms. The molecule has 1 saturated heterocycles. The van der Waals surface area contributed by atoms with E-state index in [0.717, 1.165) is 192 Å². The van der Waals surface area contributed by atoms with Crippen molar-refractivity contribution >= 4 is 58.0 Å². The van der Waals surface area contributed by atoms with E-state index in [0.29, 0.717) is 140 Å².